The molecule has 0 aliphatic carbocycles. The van der Waals surface area contributed by atoms with Gasteiger partial charge < -0.3 is 5.73 Å². The molecule has 2 aromatic carbocycles. The maximum Gasteiger partial charge on any atom is 0.280 e. The van der Waals surface area contributed by atoms with Crippen molar-refractivity contribution in [3.05, 3.63) is 64.8 Å². The van der Waals surface area contributed by atoms with E-state index in [2.05, 4.69) is 10.1 Å². The fraction of sp³-hybridized carbons (Fsp3) is 0. The molecule has 0 fully saturated rings. The van der Waals surface area contributed by atoms with E-state index in [4.69, 9.17) is 5.73 Å². The van der Waals surface area contributed by atoms with Gasteiger partial charge in [-0.15, -0.1) is 0 Å². The van der Waals surface area contributed by atoms with Crippen molar-refractivity contribution in [1.82, 2.24) is 14.8 Å². The van der Waals surface area contributed by atoms with E-state index < -0.39 is 5.82 Å². The molecule has 0 bridgehead atoms. The molecule has 5 nitrogen and oxygen atoms in total. The van der Waals surface area contributed by atoms with E-state index in [0.29, 0.717) is 27.5 Å². The molecule has 0 spiro atoms. The molecule has 4 rings (SSSR count). The number of nitrogens with zero attached hydrogens (tertiary/aromatic N) is 2. The third kappa shape index (κ3) is 1.70. The van der Waals surface area contributed by atoms with Crippen LogP contribution in [0.15, 0.2) is 53.5 Å². The summed E-state index contributed by atoms with van der Waals surface area (Å²) in [6.45, 7) is 0. The van der Waals surface area contributed by atoms with Gasteiger partial charge in [0.15, 0.2) is 0 Å². The van der Waals surface area contributed by atoms with Crippen molar-refractivity contribution >= 4 is 27.5 Å². The molecule has 3 N–H and O–H groups in total. The fourth-order valence-corrected chi connectivity index (χ4v) is 2.62. The molecule has 4 aromatic rings. The predicted molar refractivity (Wildman–Crippen MR) is 83.6 cm³/mol. The summed E-state index contributed by atoms with van der Waals surface area (Å²) in [5.41, 5.74) is 7.49. The topological polar surface area (TPSA) is 76.7 Å². The van der Waals surface area contributed by atoms with Gasteiger partial charge in [-0.05, 0) is 24.3 Å². The minimum atomic E-state index is -0.465. The SMILES string of the molecule is Nc1cc(F)cc2c1ncc1c(=O)n(-c3ccccc3)[nH]c12. The standard InChI is InChI=1S/C16H11FN4O/c17-9-6-11-14-12(8-19-15(11)13(18)7-9)16(22)21(20-14)10-4-2-1-3-5-10/h1-8,20H,18H2. The average molecular weight is 294 g/mol. The van der Waals surface area contributed by atoms with Crippen LogP contribution in [-0.4, -0.2) is 14.8 Å². The van der Waals surface area contributed by atoms with Gasteiger partial charge in [-0.1, -0.05) is 18.2 Å². The summed E-state index contributed by atoms with van der Waals surface area (Å²) in [6, 6.07) is 11.7. The Bertz CT molecular complexity index is 1070. The maximum atomic E-state index is 13.6. The van der Waals surface area contributed by atoms with Crippen molar-refractivity contribution < 1.29 is 4.39 Å². The van der Waals surface area contributed by atoms with Gasteiger partial charge in [-0.2, -0.15) is 0 Å². The number of aromatic amines is 1. The lowest BCUT2D eigenvalue weighted by Crippen LogP contribution is -2.13. The number of rotatable bonds is 1. The minimum absolute atomic E-state index is 0.238. The molecule has 2 aromatic heterocycles. The molecule has 0 saturated heterocycles. The van der Waals surface area contributed by atoms with Gasteiger partial charge in [0.25, 0.3) is 5.56 Å². The van der Waals surface area contributed by atoms with Crippen molar-refractivity contribution in [3.8, 4) is 5.69 Å². The normalized spacial score (nSPS) is 11.3. The lowest BCUT2D eigenvalue weighted by atomic mass is 10.1. The van der Waals surface area contributed by atoms with Crippen LogP contribution in [0, 0.1) is 5.82 Å². The number of pyridine rings is 1. The highest BCUT2D eigenvalue weighted by atomic mass is 19.1. The van der Waals surface area contributed by atoms with Gasteiger partial charge in [0.1, 0.15) is 5.82 Å². The molecule has 108 valence electrons. The summed E-state index contributed by atoms with van der Waals surface area (Å²) in [5, 5.41) is 3.90. The van der Waals surface area contributed by atoms with E-state index in [1.165, 1.54) is 23.0 Å². The molecular formula is C16H11FN4O. The number of nitrogens with two attached hydrogens (primary N) is 1. The quantitative estimate of drug-likeness (QED) is 0.530. The van der Waals surface area contributed by atoms with Crippen LogP contribution in [0.3, 0.4) is 0 Å². The van der Waals surface area contributed by atoms with Crippen LogP contribution in [0.1, 0.15) is 0 Å². The zero-order valence-electron chi connectivity index (χ0n) is 11.4. The lowest BCUT2D eigenvalue weighted by Gasteiger charge is -2.02. The smallest absolute Gasteiger partial charge is 0.280 e. The highest BCUT2D eigenvalue weighted by Gasteiger charge is 2.13. The van der Waals surface area contributed by atoms with Crippen LogP contribution in [0.4, 0.5) is 10.1 Å². The maximum absolute atomic E-state index is 13.6. The molecular weight excluding hydrogens is 283 g/mol. The number of hydrogen-bond donors (Lipinski definition) is 2. The van der Waals surface area contributed by atoms with Crippen LogP contribution in [0.25, 0.3) is 27.5 Å². The summed E-state index contributed by atoms with van der Waals surface area (Å²) in [6.07, 6.45) is 1.46. The molecule has 22 heavy (non-hydrogen) atoms. The van der Waals surface area contributed by atoms with E-state index in [9.17, 15) is 9.18 Å². The third-order valence-electron chi connectivity index (χ3n) is 3.64. The van der Waals surface area contributed by atoms with Crippen molar-refractivity contribution in [3.63, 3.8) is 0 Å². The average Bonchev–Trinajstić information content (AvgIpc) is 2.86. The van der Waals surface area contributed by atoms with Crippen molar-refractivity contribution in [2.75, 3.05) is 5.73 Å². The Kier molecular flexibility index (Phi) is 2.53. The summed E-state index contributed by atoms with van der Waals surface area (Å²) in [5.74, 6) is -0.465. The van der Waals surface area contributed by atoms with E-state index in [1.54, 1.807) is 12.1 Å². The number of hydrogen-bond acceptors (Lipinski definition) is 3. The summed E-state index contributed by atoms with van der Waals surface area (Å²) >= 11 is 0. The number of anilines is 1. The zero-order chi connectivity index (χ0) is 15.3. The molecule has 0 saturated carbocycles. The number of nitrogen functional groups attached to an aromatic ring is 1. The van der Waals surface area contributed by atoms with E-state index in [1.807, 2.05) is 18.2 Å². The molecule has 0 atom stereocenters. The van der Waals surface area contributed by atoms with E-state index in [-0.39, 0.29) is 11.2 Å². The predicted octanol–water partition coefficient (Wildman–Crippen LogP) is 2.59. The van der Waals surface area contributed by atoms with E-state index >= 15 is 0 Å². The molecule has 0 unspecified atom stereocenters. The Balaban J connectivity index is 2.14. The number of aromatic nitrogens is 3. The first kappa shape index (κ1) is 12.6. The Morgan fingerprint density at radius 1 is 1.14 bits per heavy atom. The number of fused-ring (bicyclic) bond motifs is 3. The van der Waals surface area contributed by atoms with Gasteiger partial charge in [-0.25, -0.2) is 9.07 Å². The second-order valence-corrected chi connectivity index (χ2v) is 5.03. The Hall–Kier alpha value is -3.15. The van der Waals surface area contributed by atoms with Crippen LogP contribution >= 0.6 is 0 Å². The van der Waals surface area contributed by atoms with E-state index in [0.717, 1.165) is 0 Å². The largest absolute Gasteiger partial charge is 0.397 e. The molecule has 0 aliphatic heterocycles. The third-order valence-corrected chi connectivity index (χ3v) is 3.64. The molecule has 0 amide bonds. The Labute approximate surface area is 123 Å². The molecule has 2 heterocycles. The molecule has 0 aliphatic rings. The van der Waals surface area contributed by atoms with Gasteiger partial charge in [-0.3, -0.25) is 14.9 Å². The van der Waals surface area contributed by atoms with Crippen LogP contribution < -0.4 is 11.3 Å². The number of H-pyrrole nitrogens is 1. The summed E-state index contributed by atoms with van der Waals surface area (Å²) in [4.78, 5) is 16.7. The highest BCUT2D eigenvalue weighted by Crippen LogP contribution is 2.26. The van der Waals surface area contributed by atoms with Gasteiger partial charge >= 0.3 is 0 Å². The Morgan fingerprint density at radius 3 is 2.68 bits per heavy atom. The Morgan fingerprint density at radius 2 is 1.91 bits per heavy atom. The van der Waals surface area contributed by atoms with Crippen molar-refractivity contribution in [2.24, 2.45) is 0 Å². The highest BCUT2D eigenvalue weighted by molar-refractivity contribution is 6.06. The first-order valence-corrected chi connectivity index (χ1v) is 6.69. The second kappa shape index (κ2) is 4.42. The van der Waals surface area contributed by atoms with Crippen LogP contribution in [0.2, 0.25) is 0 Å². The van der Waals surface area contributed by atoms with Crippen molar-refractivity contribution in [1.29, 1.82) is 0 Å². The van der Waals surface area contributed by atoms with Gasteiger partial charge in [0.05, 0.1) is 27.8 Å². The van der Waals surface area contributed by atoms with Crippen LogP contribution in [-0.2, 0) is 0 Å². The minimum Gasteiger partial charge on any atom is -0.397 e. The zero-order valence-corrected chi connectivity index (χ0v) is 11.4. The van der Waals surface area contributed by atoms with Gasteiger partial charge in [0, 0.05) is 11.6 Å². The van der Waals surface area contributed by atoms with Crippen LogP contribution in [0.5, 0.6) is 0 Å². The fourth-order valence-electron chi connectivity index (χ4n) is 2.62. The summed E-state index contributed by atoms with van der Waals surface area (Å²) < 4.78 is 15.1. The number of benzene rings is 2. The second-order valence-electron chi connectivity index (χ2n) is 5.03. The van der Waals surface area contributed by atoms with Gasteiger partial charge in [0.2, 0.25) is 0 Å². The number of para-hydroxylation sites is 1. The summed E-state index contributed by atoms with van der Waals surface area (Å²) in [7, 11) is 0. The molecule has 6 heteroatoms. The van der Waals surface area contributed by atoms with Crippen molar-refractivity contribution in [2.45, 2.75) is 0 Å². The first-order chi connectivity index (χ1) is 10.6. The first-order valence-electron chi connectivity index (χ1n) is 6.69. The monoisotopic (exact) mass is 294 g/mol. The number of halogens is 1. The lowest BCUT2D eigenvalue weighted by molar-refractivity contribution is 0.630. The number of nitrogens with one attached hydrogen (secondary N) is 1. The molecule has 0 radical (unpaired) electrons.